The fourth-order valence-corrected chi connectivity index (χ4v) is 2.29. The first kappa shape index (κ1) is 14.5. The monoisotopic (exact) mass is 287 g/mol. The molecule has 0 aliphatic carbocycles. The van der Waals surface area contributed by atoms with E-state index in [2.05, 4.69) is 5.32 Å². The standard InChI is InChI=1S/C16H17NO2S/c1-11-4-9-14(20-3)10-15(11)16(18)17-12-5-7-13(19-2)8-6-12/h4-10H,1-3H3,(H,17,18). The highest BCUT2D eigenvalue weighted by Crippen LogP contribution is 2.21. The molecule has 2 aromatic carbocycles. The summed E-state index contributed by atoms with van der Waals surface area (Å²) in [5.74, 6) is 0.673. The number of ether oxygens (including phenoxy) is 1. The van der Waals surface area contributed by atoms with Gasteiger partial charge >= 0.3 is 0 Å². The molecule has 0 spiro atoms. The third-order valence-corrected chi connectivity index (χ3v) is 3.76. The zero-order valence-corrected chi connectivity index (χ0v) is 12.6. The van der Waals surface area contributed by atoms with Crippen LogP contribution < -0.4 is 10.1 Å². The maximum absolute atomic E-state index is 12.3. The van der Waals surface area contributed by atoms with Crippen molar-refractivity contribution in [3.63, 3.8) is 0 Å². The highest BCUT2D eigenvalue weighted by Gasteiger charge is 2.10. The van der Waals surface area contributed by atoms with Crippen LogP contribution in [0, 0.1) is 6.92 Å². The Morgan fingerprint density at radius 1 is 1.15 bits per heavy atom. The fourth-order valence-electron chi connectivity index (χ4n) is 1.85. The van der Waals surface area contributed by atoms with Crippen LogP contribution in [0.5, 0.6) is 5.75 Å². The molecule has 0 fully saturated rings. The number of aryl methyl sites for hydroxylation is 1. The Morgan fingerprint density at radius 2 is 1.85 bits per heavy atom. The lowest BCUT2D eigenvalue weighted by atomic mass is 10.1. The van der Waals surface area contributed by atoms with Crippen molar-refractivity contribution in [2.45, 2.75) is 11.8 Å². The van der Waals surface area contributed by atoms with Crippen LogP contribution in [0.15, 0.2) is 47.4 Å². The van der Waals surface area contributed by atoms with E-state index < -0.39 is 0 Å². The van der Waals surface area contributed by atoms with Crippen LogP contribution in [-0.2, 0) is 0 Å². The van der Waals surface area contributed by atoms with Crippen molar-refractivity contribution < 1.29 is 9.53 Å². The van der Waals surface area contributed by atoms with Gasteiger partial charge in [0.2, 0.25) is 0 Å². The molecule has 0 heterocycles. The molecule has 4 heteroatoms. The Hall–Kier alpha value is -1.94. The van der Waals surface area contributed by atoms with Crippen LogP contribution in [0.4, 0.5) is 5.69 Å². The maximum Gasteiger partial charge on any atom is 0.255 e. The van der Waals surface area contributed by atoms with E-state index in [0.29, 0.717) is 5.56 Å². The number of methoxy groups -OCH3 is 1. The highest BCUT2D eigenvalue weighted by molar-refractivity contribution is 7.98. The molecule has 0 radical (unpaired) electrons. The molecule has 0 bridgehead atoms. The largest absolute Gasteiger partial charge is 0.497 e. The predicted octanol–water partition coefficient (Wildman–Crippen LogP) is 3.98. The van der Waals surface area contributed by atoms with E-state index >= 15 is 0 Å². The van der Waals surface area contributed by atoms with Crippen LogP contribution in [-0.4, -0.2) is 19.3 Å². The number of hydrogen-bond acceptors (Lipinski definition) is 3. The summed E-state index contributed by atoms with van der Waals surface area (Å²) < 4.78 is 5.09. The van der Waals surface area contributed by atoms with Gasteiger partial charge in [0.25, 0.3) is 5.91 Å². The molecule has 3 nitrogen and oxygen atoms in total. The third-order valence-electron chi connectivity index (χ3n) is 3.04. The molecule has 0 unspecified atom stereocenters. The topological polar surface area (TPSA) is 38.3 Å². The molecular weight excluding hydrogens is 270 g/mol. The Labute approximate surface area is 123 Å². The summed E-state index contributed by atoms with van der Waals surface area (Å²) in [6.45, 7) is 1.94. The molecule has 104 valence electrons. The van der Waals surface area contributed by atoms with Crippen LogP contribution in [0.1, 0.15) is 15.9 Å². The number of hydrogen-bond donors (Lipinski definition) is 1. The van der Waals surface area contributed by atoms with Gasteiger partial charge in [-0.1, -0.05) is 6.07 Å². The predicted molar refractivity (Wildman–Crippen MR) is 83.9 cm³/mol. The summed E-state index contributed by atoms with van der Waals surface area (Å²) in [6, 6.07) is 13.2. The number of rotatable bonds is 4. The molecular formula is C16H17NO2S. The van der Waals surface area contributed by atoms with Gasteiger partial charge in [0.15, 0.2) is 0 Å². The second kappa shape index (κ2) is 6.48. The molecule has 0 aliphatic rings. The third kappa shape index (κ3) is 3.33. The van der Waals surface area contributed by atoms with Gasteiger partial charge in [-0.15, -0.1) is 11.8 Å². The van der Waals surface area contributed by atoms with E-state index in [1.807, 2.05) is 55.6 Å². The van der Waals surface area contributed by atoms with Gasteiger partial charge in [-0.25, -0.2) is 0 Å². The summed E-state index contributed by atoms with van der Waals surface area (Å²) in [5, 5.41) is 2.90. The summed E-state index contributed by atoms with van der Waals surface area (Å²) in [6.07, 6.45) is 2.00. The smallest absolute Gasteiger partial charge is 0.255 e. The number of carbonyl (C=O) groups is 1. The quantitative estimate of drug-likeness (QED) is 0.864. The number of benzene rings is 2. The first-order valence-electron chi connectivity index (χ1n) is 6.24. The number of amides is 1. The van der Waals surface area contributed by atoms with Crippen LogP contribution >= 0.6 is 11.8 Å². The van der Waals surface area contributed by atoms with Crippen LogP contribution in [0.3, 0.4) is 0 Å². The van der Waals surface area contributed by atoms with Crippen molar-refractivity contribution in [1.82, 2.24) is 0 Å². The van der Waals surface area contributed by atoms with Gasteiger partial charge in [-0.2, -0.15) is 0 Å². The molecule has 0 saturated heterocycles. The van der Waals surface area contributed by atoms with Gasteiger partial charge in [0.1, 0.15) is 5.75 Å². The Bertz CT molecular complexity index is 608. The average Bonchev–Trinajstić information content (AvgIpc) is 2.48. The fraction of sp³-hybridized carbons (Fsp3) is 0.188. The van der Waals surface area contributed by atoms with Gasteiger partial charge in [0.05, 0.1) is 7.11 Å². The Kier molecular flexibility index (Phi) is 4.69. The van der Waals surface area contributed by atoms with Crippen molar-refractivity contribution in [1.29, 1.82) is 0 Å². The minimum Gasteiger partial charge on any atom is -0.497 e. The van der Waals surface area contributed by atoms with Gasteiger partial charge in [0, 0.05) is 16.1 Å². The van der Waals surface area contributed by atoms with E-state index in [1.54, 1.807) is 18.9 Å². The van der Waals surface area contributed by atoms with Crippen molar-refractivity contribution in [2.24, 2.45) is 0 Å². The zero-order chi connectivity index (χ0) is 14.5. The molecule has 20 heavy (non-hydrogen) atoms. The van der Waals surface area contributed by atoms with E-state index in [9.17, 15) is 4.79 Å². The van der Waals surface area contributed by atoms with Crippen molar-refractivity contribution in [3.8, 4) is 5.75 Å². The lowest BCUT2D eigenvalue weighted by molar-refractivity contribution is 0.102. The Balaban J connectivity index is 2.18. The molecule has 0 saturated carbocycles. The lowest BCUT2D eigenvalue weighted by Crippen LogP contribution is -2.13. The van der Waals surface area contributed by atoms with E-state index in [0.717, 1.165) is 21.9 Å². The minimum atomic E-state index is -0.0939. The SMILES string of the molecule is COc1ccc(NC(=O)c2cc(SC)ccc2C)cc1. The van der Waals surface area contributed by atoms with Gasteiger partial charge in [-0.3, -0.25) is 4.79 Å². The molecule has 2 rings (SSSR count). The first-order chi connectivity index (χ1) is 9.63. The zero-order valence-electron chi connectivity index (χ0n) is 11.8. The van der Waals surface area contributed by atoms with Crippen LogP contribution in [0.25, 0.3) is 0 Å². The number of nitrogens with one attached hydrogen (secondary N) is 1. The summed E-state index contributed by atoms with van der Waals surface area (Å²) in [5.41, 5.74) is 2.42. The number of thioether (sulfide) groups is 1. The van der Waals surface area contributed by atoms with E-state index in [4.69, 9.17) is 4.74 Å². The van der Waals surface area contributed by atoms with Gasteiger partial charge < -0.3 is 10.1 Å². The van der Waals surface area contributed by atoms with Gasteiger partial charge in [-0.05, 0) is 55.1 Å². The normalized spacial score (nSPS) is 10.2. The van der Waals surface area contributed by atoms with Crippen molar-refractivity contribution >= 4 is 23.4 Å². The lowest BCUT2D eigenvalue weighted by Gasteiger charge is -2.09. The van der Waals surface area contributed by atoms with E-state index in [-0.39, 0.29) is 5.91 Å². The first-order valence-corrected chi connectivity index (χ1v) is 7.46. The summed E-state index contributed by atoms with van der Waals surface area (Å²) in [7, 11) is 1.62. The van der Waals surface area contributed by atoms with Crippen molar-refractivity contribution in [2.75, 3.05) is 18.7 Å². The van der Waals surface area contributed by atoms with Crippen molar-refractivity contribution in [3.05, 3.63) is 53.6 Å². The average molecular weight is 287 g/mol. The molecule has 0 aliphatic heterocycles. The molecule has 1 N–H and O–H groups in total. The molecule has 2 aromatic rings. The van der Waals surface area contributed by atoms with E-state index in [1.165, 1.54) is 0 Å². The number of anilines is 1. The second-order valence-electron chi connectivity index (χ2n) is 4.36. The second-order valence-corrected chi connectivity index (χ2v) is 5.24. The summed E-state index contributed by atoms with van der Waals surface area (Å²) in [4.78, 5) is 13.4. The highest BCUT2D eigenvalue weighted by atomic mass is 32.2. The van der Waals surface area contributed by atoms with Crippen LogP contribution in [0.2, 0.25) is 0 Å². The minimum absolute atomic E-state index is 0.0939. The summed E-state index contributed by atoms with van der Waals surface area (Å²) >= 11 is 1.62. The number of carbonyl (C=O) groups excluding carboxylic acids is 1. The Morgan fingerprint density at radius 3 is 2.45 bits per heavy atom. The molecule has 0 aromatic heterocycles. The maximum atomic E-state index is 12.3. The molecule has 0 atom stereocenters. The molecule has 1 amide bonds.